The van der Waals surface area contributed by atoms with Crippen LogP contribution in [-0.4, -0.2) is 12.1 Å². The highest BCUT2D eigenvalue weighted by atomic mass is 35.5. The molecule has 0 aliphatic rings. The standard InChI is InChI=1S/C12H12ClN3O/c1-17-9-4-2-8(3-5-9)16-11-6-12(13)15-7-10(11)14/h2-7H,14H2,1H3,(H,15,16). The highest BCUT2D eigenvalue weighted by molar-refractivity contribution is 6.29. The molecule has 0 atom stereocenters. The summed E-state index contributed by atoms with van der Waals surface area (Å²) >= 11 is 5.80. The Labute approximate surface area is 104 Å². The van der Waals surface area contributed by atoms with Crippen molar-refractivity contribution in [2.45, 2.75) is 0 Å². The van der Waals surface area contributed by atoms with Gasteiger partial charge >= 0.3 is 0 Å². The fraction of sp³-hybridized carbons (Fsp3) is 0.0833. The zero-order chi connectivity index (χ0) is 12.3. The molecule has 4 nitrogen and oxygen atoms in total. The third kappa shape index (κ3) is 2.79. The summed E-state index contributed by atoms with van der Waals surface area (Å²) in [5.41, 5.74) is 7.97. The minimum Gasteiger partial charge on any atom is -0.497 e. The Morgan fingerprint density at radius 3 is 2.65 bits per heavy atom. The molecule has 3 N–H and O–H groups in total. The summed E-state index contributed by atoms with van der Waals surface area (Å²) in [4.78, 5) is 3.89. The molecular weight excluding hydrogens is 238 g/mol. The van der Waals surface area contributed by atoms with E-state index >= 15 is 0 Å². The van der Waals surface area contributed by atoms with Crippen molar-refractivity contribution in [1.82, 2.24) is 4.98 Å². The number of aromatic nitrogens is 1. The van der Waals surface area contributed by atoms with Crippen LogP contribution in [-0.2, 0) is 0 Å². The lowest BCUT2D eigenvalue weighted by Crippen LogP contribution is -1.97. The average molecular weight is 250 g/mol. The predicted octanol–water partition coefficient (Wildman–Crippen LogP) is 3.07. The van der Waals surface area contributed by atoms with Crippen molar-refractivity contribution >= 4 is 28.7 Å². The summed E-state index contributed by atoms with van der Waals surface area (Å²) in [6.07, 6.45) is 1.52. The van der Waals surface area contributed by atoms with Gasteiger partial charge in [-0.1, -0.05) is 11.6 Å². The number of benzene rings is 1. The summed E-state index contributed by atoms with van der Waals surface area (Å²) < 4.78 is 5.08. The molecule has 2 aromatic rings. The van der Waals surface area contributed by atoms with Gasteiger partial charge in [-0.2, -0.15) is 0 Å². The molecule has 0 saturated carbocycles. The first-order valence-electron chi connectivity index (χ1n) is 5.01. The lowest BCUT2D eigenvalue weighted by Gasteiger charge is -2.09. The van der Waals surface area contributed by atoms with Gasteiger partial charge in [-0.3, -0.25) is 0 Å². The van der Waals surface area contributed by atoms with Crippen LogP contribution < -0.4 is 15.8 Å². The second-order valence-corrected chi connectivity index (χ2v) is 3.84. The number of hydrogen-bond acceptors (Lipinski definition) is 4. The van der Waals surface area contributed by atoms with Crippen molar-refractivity contribution in [1.29, 1.82) is 0 Å². The van der Waals surface area contributed by atoms with E-state index in [9.17, 15) is 0 Å². The molecule has 1 heterocycles. The van der Waals surface area contributed by atoms with Crippen LogP contribution in [0.4, 0.5) is 17.1 Å². The minimum atomic E-state index is 0.398. The Kier molecular flexibility index (Phi) is 3.35. The van der Waals surface area contributed by atoms with Crippen molar-refractivity contribution in [2.24, 2.45) is 0 Å². The largest absolute Gasteiger partial charge is 0.497 e. The molecule has 1 aromatic carbocycles. The minimum absolute atomic E-state index is 0.398. The van der Waals surface area contributed by atoms with Crippen molar-refractivity contribution in [3.8, 4) is 5.75 Å². The average Bonchev–Trinajstić information content (AvgIpc) is 2.35. The molecule has 0 bridgehead atoms. The fourth-order valence-electron chi connectivity index (χ4n) is 1.38. The Bertz CT molecular complexity index is 514. The lowest BCUT2D eigenvalue weighted by atomic mass is 10.2. The van der Waals surface area contributed by atoms with E-state index < -0.39 is 0 Å². The van der Waals surface area contributed by atoms with Crippen LogP contribution in [0.25, 0.3) is 0 Å². The number of nitrogens with zero attached hydrogens (tertiary/aromatic N) is 1. The van der Waals surface area contributed by atoms with Gasteiger partial charge in [-0.05, 0) is 24.3 Å². The molecule has 5 heteroatoms. The number of rotatable bonds is 3. The first kappa shape index (κ1) is 11.5. The molecule has 1 aromatic heterocycles. The Hall–Kier alpha value is -1.94. The molecule has 2 rings (SSSR count). The quantitative estimate of drug-likeness (QED) is 0.821. The Morgan fingerprint density at radius 1 is 1.29 bits per heavy atom. The monoisotopic (exact) mass is 249 g/mol. The number of nitrogens with two attached hydrogens (primary N) is 1. The van der Waals surface area contributed by atoms with Gasteiger partial charge in [0.1, 0.15) is 10.9 Å². The number of hydrogen-bond donors (Lipinski definition) is 2. The van der Waals surface area contributed by atoms with Crippen LogP contribution in [0.2, 0.25) is 5.15 Å². The van der Waals surface area contributed by atoms with Crippen LogP contribution in [0.3, 0.4) is 0 Å². The van der Waals surface area contributed by atoms with Gasteiger partial charge < -0.3 is 15.8 Å². The van der Waals surface area contributed by atoms with Crippen molar-refractivity contribution < 1.29 is 4.74 Å². The highest BCUT2D eigenvalue weighted by Crippen LogP contribution is 2.25. The number of nitrogens with one attached hydrogen (secondary N) is 1. The van der Waals surface area contributed by atoms with E-state index in [0.29, 0.717) is 10.8 Å². The van der Waals surface area contributed by atoms with Gasteiger partial charge in [0.25, 0.3) is 0 Å². The van der Waals surface area contributed by atoms with E-state index in [1.54, 1.807) is 13.2 Å². The molecule has 0 aliphatic heterocycles. The Balaban J connectivity index is 2.22. The summed E-state index contributed by atoms with van der Waals surface area (Å²) in [6.45, 7) is 0. The second-order valence-electron chi connectivity index (χ2n) is 3.45. The fourth-order valence-corrected chi connectivity index (χ4v) is 1.54. The molecule has 88 valence electrons. The van der Waals surface area contributed by atoms with Crippen molar-refractivity contribution in [3.63, 3.8) is 0 Å². The number of nitrogen functional groups attached to an aromatic ring is 1. The first-order chi connectivity index (χ1) is 8.19. The first-order valence-corrected chi connectivity index (χ1v) is 5.39. The molecule has 0 spiro atoms. The molecule has 0 radical (unpaired) electrons. The number of anilines is 3. The van der Waals surface area contributed by atoms with Crippen molar-refractivity contribution in [3.05, 3.63) is 41.7 Å². The van der Waals surface area contributed by atoms with Crippen LogP contribution in [0, 0.1) is 0 Å². The van der Waals surface area contributed by atoms with Gasteiger partial charge in [0.05, 0.1) is 24.7 Å². The SMILES string of the molecule is COc1ccc(Nc2cc(Cl)ncc2N)cc1. The van der Waals surface area contributed by atoms with E-state index in [0.717, 1.165) is 17.1 Å². The zero-order valence-corrected chi connectivity index (χ0v) is 10.0. The number of methoxy groups -OCH3 is 1. The third-order valence-corrected chi connectivity index (χ3v) is 2.48. The smallest absolute Gasteiger partial charge is 0.131 e. The van der Waals surface area contributed by atoms with Crippen LogP contribution in [0.5, 0.6) is 5.75 Å². The van der Waals surface area contributed by atoms with Gasteiger partial charge in [-0.25, -0.2) is 4.98 Å². The van der Waals surface area contributed by atoms with Gasteiger partial charge in [0, 0.05) is 11.8 Å². The summed E-state index contributed by atoms with van der Waals surface area (Å²) in [7, 11) is 1.63. The predicted molar refractivity (Wildman–Crippen MR) is 69.9 cm³/mol. The lowest BCUT2D eigenvalue weighted by molar-refractivity contribution is 0.415. The third-order valence-electron chi connectivity index (χ3n) is 2.27. The molecule has 0 amide bonds. The summed E-state index contributed by atoms with van der Waals surface area (Å²) in [6, 6.07) is 9.20. The molecule has 0 aliphatic carbocycles. The topological polar surface area (TPSA) is 60.2 Å². The van der Waals surface area contributed by atoms with Gasteiger partial charge in [0.2, 0.25) is 0 Å². The van der Waals surface area contributed by atoms with E-state index in [4.69, 9.17) is 22.1 Å². The Morgan fingerprint density at radius 2 is 2.00 bits per heavy atom. The molecule has 17 heavy (non-hydrogen) atoms. The number of ether oxygens (including phenoxy) is 1. The summed E-state index contributed by atoms with van der Waals surface area (Å²) in [5.74, 6) is 0.802. The maximum absolute atomic E-state index is 5.80. The van der Waals surface area contributed by atoms with Crippen LogP contribution in [0.15, 0.2) is 36.5 Å². The van der Waals surface area contributed by atoms with E-state index in [1.807, 2.05) is 24.3 Å². The molecular formula is C12H12ClN3O. The van der Waals surface area contributed by atoms with E-state index in [-0.39, 0.29) is 0 Å². The molecule has 0 fully saturated rings. The molecule has 0 saturated heterocycles. The maximum Gasteiger partial charge on any atom is 0.131 e. The number of halogens is 1. The van der Waals surface area contributed by atoms with Crippen LogP contribution >= 0.6 is 11.6 Å². The molecule has 0 unspecified atom stereocenters. The van der Waals surface area contributed by atoms with E-state index in [1.165, 1.54) is 6.20 Å². The maximum atomic E-state index is 5.80. The number of pyridine rings is 1. The normalized spacial score (nSPS) is 10.0. The van der Waals surface area contributed by atoms with Crippen molar-refractivity contribution in [2.75, 3.05) is 18.2 Å². The highest BCUT2D eigenvalue weighted by Gasteiger charge is 2.02. The van der Waals surface area contributed by atoms with Gasteiger partial charge in [0.15, 0.2) is 0 Å². The van der Waals surface area contributed by atoms with Gasteiger partial charge in [-0.15, -0.1) is 0 Å². The van der Waals surface area contributed by atoms with E-state index in [2.05, 4.69) is 10.3 Å². The van der Waals surface area contributed by atoms with Crippen LogP contribution in [0.1, 0.15) is 0 Å². The second kappa shape index (κ2) is 4.93. The zero-order valence-electron chi connectivity index (χ0n) is 9.27. The summed E-state index contributed by atoms with van der Waals surface area (Å²) in [5, 5.41) is 3.56.